The predicted molar refractivity (Wildman–Crippen MR) is 107 cm³/mol. The van der Waals surface area contributed by atoms with Crippen LogP contribution in [-0.4, -0.2) is 80.3 Å². The molecule has 0 amide bonds. The smallest absolute Gasteiger partial charge is 0.327 e. The van der Waals surface area contributed by atoms with Crippen LogP contribution in [0.25, 0.3) is 0 Å². The lowest BCUT2D eigenvalue weighted by Crippen LogP contribution is -2.36. The van der Waals surface area contributed by atoms with Crippen molar-refractivity contribution in [3.63, 3.8) is 0 Å². The Bertz CT molecular complexity index is 409. The van der Waals surface area contributed by atoms with Crippen LogP contribution in [0.5, 0.6) is 0 Å². The zero-order valence-corrected chi connectivity index (χ0v) is 17.8. The quantitative estimate of drug-likeness (QED) is 0.326. The van der Waals surface area contributed by atoms with E-state index in [0.29, 0.717) is 26.2 Å². The second kappa shape index (κ2) is 18.2. The molecule has 0 fully saturated rings. The summed E-state index contributed by atoms with van der Waals surface area (Å²) in [5.74, 6) is -0.511. The monoisotopic (exact) mass is 409 g/mol. The molecule has 4 atom stereocenters. The summed E-state index contributed by atoms with van der Waals surface area (Å²) in [7, 11) is 1.64. The third-order valence-corrected chi connectivity index (χ3v) is 3.70. The number of carbonyl (C=O) groups is 2. The van der Waals surface area contributed by atoms with Crippen LogP contribution >= 0.6 is 11.8 Å². The zero-order valence-electron chi connectivity index (χ0n) is 17.0. The van der Waals surface area contributed by atoms with Crippen LogP contribution in [0.3, 0.4) is 0 Å². The number of esters is 1. The molecule has 0 aromatic rings. The molecule has 0 radical (unpaired) electrons. The predicted octanol–water partition coefficient (Wildman–Crippen LogP) is 1.71. The first-order valence-corrected chi connectivity index (χ1v) is 10.1. The lowest BCUT2D eigenvalue weighted by molar-refractivity contribution is -0.154. The summed E-state index contributed by atoms with van der Waals surface area (Å²) >= 11 is 1.66. The van der Waals surface area contributed by atoms with Gasteiger partial charge in [0.2, 0.25) is 0 Å². The Labute approximate surface area is 166 Å². The number of carboxylic acids is 1. The van der Waals surface area contributed by atoms with E-state index in [1.807, 2.05) is 20.1 Å². The molecule has 3 N–H and O–H groups in total. The van der Waals surface area contributed by atoms with E-state index >= 15 is 0 Å². The van der Waals surface area contributed by atoms with Crippen LogP contribution in [0.15, 0.2) is 12.7 Å². The van der Waals surface area contributed by atoms with Crippen LogP contribution in [0.4, 0.5) is 0 Å². The van der Waals surface area contributed by atoms with Gasteiger partial charge in [-0.05, 0) is 39.2 Å². The van der Waals surface area contributed by atoms with Gasteiger partial charge in [0, 0.05) is 13.2 Å². The fraction of sp³-hybridized carbons (Fsp3) is 0.778. The number of rotatable bonds is 14. The van der Waals surface area contributed by atoms with E-state index in [-0.39, 0.29) is 24.3 Å². The number of carboxylic acid groups (broad SMARTS) is 1. The minimum Gasteiger partial charge on any atom is -0.478 e. The number of methoxy groups -OCH3 is 1. The van der Waals surface area contributed by atoms with Gasteiger partial charge >= 0.3 is 11.9 Å². The number of thioether (sulfide) groups is 1. The molecule has 0 aliphatic rings. The maximum absolute atomic E-state index is 11.7. The first kappa shape index (κ1) is 28.1. The van der Waals surface area contributed by atoms with E-state index in [2.05, 4.69) is 6.58 Å². The molecule has 0 rings (SSSR count). The lowest BCUT2D eigenvalue weighted by Gasteiger charge is -2.20. The third-order valence-electron chi connectivity index (χ3n) is 3.06. The first-order valence-electron chi connectivity index (χ1n) is 8.70. The molecule has 160 valence electrons. The van der Waals surface area contributed by atoms with E-state index in [4.69, 9.17) is 29.8 Å². The van der Waals surface area contributed by atoms with Crippen molar-refractivity contribution in [2.24, 2.45) is 5.73 Å². The van der Waals surface area contributed by atoms with Gasteiger partial charge in [0.05, 0.1) is 32.0 Å². The molecule has 0 spiro atoms. The van der Waals surface area contributed by atoms with Gasteiger partial charge in [-0.15, -0.1) is 0 Å². The van der Waals surface area contributed by atoms with Crippen molar-refractivity contribution in [2.75, 3.05) is 38.9 Å². The molecule has 0 aliphatic heterocycles. The maximum atomic E-state index is 11.7. The van der Waals surface area contributed by atoms with Gasteiger partial charge in [-0.3, -0.25) is 4.79 Å². The van der Waals surface area contributed by atoms with Gasteiger partial charge in [-0.2, -0.15) is 11.8 Å². The van der Waals surface area contributed by atoms with Gasteiger partial charge in [0.1, 0.15) is 12.1 Å². The van der Waals surface area contributed by atoms with Crippen LogP contribution in [0.2, 0.25) is 0 Å². The number of carbonyl (C=O) groups excluding carboxylic acids is 1. The summed E-state index contributed by atoms with van der Waals surface area (Å²) in [5.41, 5.74) is 5.76. The van der Waals surface area contributed by atoms with Gasteiger partial charge in [-0.1, -0.05) is 6.58 Å². The topological polar surface area (TPSA) is 117 Å². The Hall–Kier alpha value is -1.13. The summed E-state index contributed by atoms with van der Waals surface area (Å²) in [6, 6.07) is -0.564. The lowest BCUT2D eigenvalue weighted by atomic mass is 10.2. The second-order valence-corrected chi connectivity index (χ2v) is 6.91. The van der Waals surface area contributed by atoms with Crippen LogP contribution in [0, 0.1) is 0 Å². The van der Waals surface area contributed by atoms with E-state index in [1.165, 1.54) is 0 Å². The number of ether oxygens (including phenoxy) is 4. The minimum atomic E-state index is -0.981. The Morgan fingerprint density at radius 1 is 1.11 bits per heavy atom. The summed E-state index contributed by atoms with van der Waals surface area (Å²) in [4.78, 5) is 21.0. The molecule has 0 bridgehead atoms. The standard InChI is InChI=1S/C15H31NO5S.C3H4O2/c1-11(8-18-4)19-9-12(2)20-10-13(3)21-15(17)14(16)6-7-22-5;1-2-3(4)5/h11-14H,6-10,16H2,1-5H3;2H,1H2,(H,4,5)/t11?,12?,13?,14-;/m0./s1. The van der Waals surface area contributed by atoms with Crippen LogP contribution in [0.1, 0.15) is 27.2 Å². The molecule has 3 unspecified atom stereocenters. The molecule has 0 heterocycles. The molecule has 9 heteroatoms. The fourth-order valence-corrected chi connectivity index (χ4v) is 2.10. The molecule has 27 heavy (non-hydrogen) atoms. The van der Waals surface area contributed by atoms with Crippen LogP contribution < -0.4 is 5.73 Å². The van der Waals surface area contributed by atoms with Crippen molar-refractivity contribution < 1.29 is 33.6 Å². The van der Waals surface area contributed by atoms with Gasteiger partial charge in [0.25, 0.3) is 0 Å². The van der Waals surface area contributed by atoms with E-state index in [9.17, 15) is 9.59 Å². The van der Waals surface area contributed by atoms with E-state index in [1.54, 1.807) is 25.8 Å². The molecular formula is C18H35NO7S. The summed E-state index contributed by atoms with van der Waals surface area (Å²) in [6.45, 7) is 9.95. The van der Waals surface area contributed by atoms with E-state index in [0.717, 1.165) is 11.8 Å². The number of hydrogen-bond acceptors (Lipinski definition) is 8. The highest BCUT2D eigenvalue weighted by molar-refractivity contribution is 7.98. The molecule has 8 nitrogen and oxygen atoms in total. The number of hydrogen-bond donors (Lipinski definition) is 2. The first-order chi connectivity index (χ1) is 12.7. The average molecular weight is 410 g/mol. The summed E-state index contributed by atoms with van der Waals surface area (Å²) in [6.07, 6.45) is 3.05. The van der Waals surface area contributed by atoms with Crippen LogP contribution in [-0.2, 0) is 28.5 Å². The molecule has 0 saturated carbocycles. The second-order valence-electron chi connectivity index (χ2n) is 5.92. The number of aliphatic carboxylic acids is 1. The normalized spacial score (nSPS) is 14.9. The van der Waals surface area contributed by atoms with Crippen molar-refractivity contribution in [1.82, 2.24) is 0 Å². The highest BCUT2D eigenvalue weighted by Gasteiger charge is 2.18. The van der Waals surface area contributed by atoms with Crippen molar-refractivity contribution in [2.45, 2.75) is 51.5 Å². The van der Waals surface area contributed by atoms with Crippen molar-refractivity contribution >= 4 is 23.7 Å². The maximum Gasteiger partial charge on any atom is 0.327 e. The van der Waals surface area contributed by atoms with Gasteiger partial charge in [0.15, 0.2) is 0 Å². The highest BCUT2D eigenvalue weighted by atomic mass is 32.2. The molecule has 0 aromatic heterocycles. The molecule has 0 aliphatic carbocycles. The largest absolute Gasteiger partial charge is 0.478 e. The number of nitrogens with two attached hydrogens (primary N) is 1. The van der Waals surface area contributed by atoms with Gasteiger partial charge in [-0.25, -0.2) is 4.79 Å². The molecule has 0 saturated heterocycles. The Balaban J connectivity index is 0. The van der Waals surface area contributed by atoms with E-state index < -0.39 is 12.0 Å². The van der Waals surface area contributed by atoms with Crippen molar-refractivity contribution in [1.29, 1.82) is 0 Å². The summed E-state index contributed by atoms with van der Waals surface area (Å²) in [5, 5.41) is 7.60. The minimum absolute atomic E-state index is 0.0285. The molecule has 0 aromatic carbocycles. The van der Waals surface area contributed by atoms with Crippen molar-refractivity contribution in [3.05, 3.63) is 12.7 Å². The fourth-order valence-electron chi connectivity index (χ4n) is 1.61. The Morgan fingerprint density at radius 3 is 2.04 bits per heavy atom. The summed E-state index contributed by atoms with van der Waals surface area (Å²) < 4.78 is 21.4. The van der Waals surface area contributed by atoms with Crippen molar-refractivity contribution in [3.8, 4) is 0 Å². The Kier molecular flexibility index (Phi) is 19.0. The SMILES string of the molecule is C=CC(=O)O.COCC(C)OCC(C)OCC(C)OC(=O)[C@@H](N)CCSC. The molecular weight excluding hydrogens is 374 g/mol. The third kappa shape index (κ3) is 19.4. The Morgan fingerprint density at radius 2 is 1.59 bits per heavy atom. The zero-order chi connectivity index (χ0) is 21.2. The highest BCUT2D eigenvalue weighted by Crippen LogP contribution is 2.04. The van der Waals surface area contributed by atoms with Gasteiger partial charge < -0.3 is 29.8 Å². The average Bonchev–Trinajstić information content (AvgIpc) is 2.63.